The van der Waals surface area contributed by atoms with E-state index in [-0.39, 0.29) is 11.9 Å². The molecule has 18 heavy (non-hydrogen) atoms. The monoisotopic (exact) mass is 247 g/mol. The van der Waals surface area contributed by atoms with Gasteiger partial charge in [0.15, 0.2) is 0 Å². The van der Waals surface area contributed by atoms with E-state index >= 15 is 0 Å². The van der Waals surface area contributed by atoms with Crippen molar-refractivity contribution in [3.8, 4) is 0 Å². The van der Waals surface area contributed by atoms with Gasteiger partial charge in [0.1, 0.15) is 0 Å². The fraction of sp³-hybridized carbons (Fsp3) is 0.417. The second-order valence-corrected chi connectivity index (χ2v) is 4.37. The fourth-order valence-corrected chi connectivity index (χ4v) is 1.76. The first-order valence-corrected chi connectivity index (χ1v) is 5.85. The van der Waals surface area contributed by atoms with Crippen LogP contribution in [0.3, 0.4) is 0 Å². The minimum Gasteiger partial charge on any atom is -0.348 e. The van der Waals surface area contributed by atoms with E-state index in [1.807, 2.05) is 33.2 Å². The van der Waals surface area contributed by atoms with E-state index in [0.717, 1.165) is 5.69 Å². The largest absolute Gasteiger partial charge is 0.348 e. The summed E-state index contributed by atoms with van der Waals surface area (Å²) in [6.45, 7) is 4.48. The number of carbonyl (C=O) groups excluding carboxylic acids is 1. The van der Waals surface area contributed by atoms with Crippen molar-refractivity contribution < 1.29 is 4.79 Å². The maximum absolute atomic E-state index is 12.0. The zero-order chi connectivity index (χ0) is 13.1. The summed E-state index contributed by atoms with van der Waals surface area (Å²) < 4.78 is 3.48. The maximum atomic E-state index is 12.0. The van der Waals surface area contributed by atoms with Crippen LogP contribution in [0.1, 0.15) is 23.0 Å². The van der Waals surface area contributed by atoms with Gasteiger partial charge in [0.05, 0.1) is 18.3 Å². The molecule has 0 saturated heterocycles. The van der Waals surface area contributed by atoms with Gasteiger partial charge < -0.3 is 5.32 Å². The van der Waals surface area contributed by atoms with Gasteiger partial charge in [-0.25, -0.2) is 0 Å². The zero-order valence-electron chi connectivity index (χ0n) is 10.8. The first kappa shape index (κ1) is 12.3. The second-order valence-electron chi connectivity index (χ2n) is 4.37. The Morgan fingerprint density at radius 2 is 2.28 bits per heavy atom. The van der Waals surface area contributed by atoms with Crippen LogP contribution in [0.5, 0.6) is 0 Å². The number of aromatic nitrogens is 4. The van der Waals surface area contributed by atoms with E-state index in [4.69, 9.17) is 0 Å². The maximum Gasteiger partial charge on any atom is 0.255 e. The Morgan fingerprint density at radius 3 is 2.83 bits per heavy atom. The highest BCUT2D eigenvalue weighted by Crippen LogP contribution is 2.05. The van der Waals surface area contributed by atoms with Crippen LogP contribution in [-0.2, 0) is 13.6 Å². The van der Waals surface area contributed by atoms with Gasteiger partial charge in [-0.15, -0.1) is 0 Å². The number of carbonyl (C=O) groups is 1. The summed E-state index contributed by atoms with van der Waals surface area (Å²) in [7, 11) is 1.82. The molecule has 1 amide bonds. The molecule has 0 aliphatic rings. The standard InChI is InChI=1S/C12H17N5O/c1-9(8-17-6-4-5-13-17)15-12(18)11-7-14-16(3)10(11)2/h4-7,9H,8H2,1-3H3,(H,15,18)/t9-/m0/s1. The van der Waals surface area contributed by atoms with Gasteiger partial charge in [-0.2, -0.15) is 10.2 Å². The van der Waals surface area contributed by atoms with E-state index in [0.29, 0.717) is 12.1 Å². The smallest absolute Gasteiger partial charge is 0.255 e. The van der Waals surface area contributed by atoms with Crippen molar-refractivity contribution >= 4 is 5.91 Å². The molecule has 2 aromatic heterocycles. The lowest BCUT2D eigenvalue weighted by atomic mass is 10.2. The summed E-state index contributed by atoms with van der Waals surface area (Å²) in [4.78, 5) is 12.0. The molecule has 1 atom stereocenters. The lowest BCUT2D eigenvalue weighted by Gasteiger charge is -2.13. The molecule has 96 valence electrons. The van der Waals surface area contributed by atoms with Crippen molar-refractivity contribution in [2.45, 2.75) is 26.4 Å². The summed E-state index contributed by atoms with van der Waals surface area (Å²) >= 11 is 0. The lowest BCUT2D eigenvalue weighted by Crippen LogP contribution is -2.36. The highest BCUT2D eigenvalue weighted by Gasteiger charge is 2.15. The summed E-state index contributed by atoms with van der Waals surface area (Å²) in [5.41, 5.74) is 1.48. The number of nitrogens with zero attached hydrogens (tertiary/aromatic N) is 4. The Hall–Kier alpha value is -2.11. The number of hydrogen-bond donors (Lipinski definition) is 1. The fourth-order valence-electron chi connectivity index (χ4n) is 1.76. The SMILES string of the molecule is Cc1c(C(=O)N[C@@H](C)Cn2cccn2)cnn1C. The molecule has 0 radical (unpaired) electrons. The predicted molar refractivity (Wildman–Crippen MR) is 67.1 cm³/mol. The van der Waals surface area contributed by atoms with E-state index in [1.165, 1.54) is 0 Å². The Labute approximate surface area is 106 Å². The molecule has 0 aliphatic heterocycles. The Balaban J connectivity index is 1.97. The minimum atomic E-state index is -0.0970. The van der Waals surface area contributed by atoms with Crippen molar-refractivity contribution in [3.05, 3.63) is 35.9 Å². The summed E-state index contributed by atoms with van der Waals surface area (Å²) in [6, 6.07) is 1.87. The zero-order valence-corrected chi connectivity index (χ0v) is 10.8. The van der Waals surface area contributed by atoms with Crippen LogP contribution in [0.25, 0.3) is 0 Å². The quantitative estimate of drug-likeness (QED) is 0.866. The van der Waals surface area contributed by atoms with Crippen molar-refractivity contribution in [2.24, 2.45) is 7.05 Å². The number of amides is 1. The van der Waals surface area contributed by atoms with Crippen LogP contribution in [0, 0.1) is 6.92 Å². The molecule has 0 aromatic carbocycles. The number of aryl methyl sites for hydroxylation is 1. The third kappa shape index (κ3) is 2.58. The average Bonchev–Trinajstić information content (AvgIpc) is 2.91. The van der Waals surface area contributed by atoms with Gasteiger partial charge in [0.25, 0.3) is 5.91 Å². The van der Waals surface area contributed by atoms with E-state index < -0.39 is 0 Å². The molecule has 0 bridgehead atoms. The van der Waals surface area contributed by atoms with Crippen LogP contribution >= 0.6 is 0 Å². The van der Waals surface area contributed by atoms with E-state index in [9.17, 15) is 4.79 Å². The van der Waals surface area contributed by atoms with Crippen LogP contribution in [-0.4, -0.2) is 31.5 Å². The van der Waals surface area contributed by atoms with Gasteiger partial charge >= 0.3 is 0 Å². The highest BCUT2D eigenvalue weighted by atomic mass is 16.1. The number of rotatable bonds is 4. The van der Waals surface area contributed by atoms with Crippen molar-refractivity contribution in [1.82, 2.24) is 24.9 Å². The summed E-state index contributed by atoms with van der Waals surface area (Å²) in [6.07, 6.45) is 5.18. The lowest BCUT2D eigenvalue weighted by molar-refractivity contribution is 0.0935. The Morgan fingerprint density at radius 1 is 1.50 bits per heavy atom. The summed E-state index contributed by atoms with van der Waals surface area (Å²) in [5.74, 6) is -0.0970. The normalized spacial score (nSPS) is 12.4. The first-order chi connectivity index (χ1) is 8.58. The molecule has 2 heterocycles. The number of nitrogens with one attached hydrogen (secondary N) is 1. The molecular formula is C12H17N5O. The molecule has 0 unspecified atom stereocenters. The van der Waals surface area contributed by atoms with Crippen LogP contribution in [0.4, 0.5) is 0 Å². The van der Waals surface area contributed by atoms with Gasteiger partial charge in [0, 0.05) is 31.2 Å². The van der Waals surface area contributed by atoms with Gasteiger partial charge in [-0.05, 0) is 19.9 Å². The van der Waals surface area contributed by atoms with Crippen LogP contribution in [0.2, 0.25) is 0 Å². The highest BCUT2D eigenvalue weighted by molar-refractivity contribution is 5.95. The van der Waals surface area contributed by atoms with Gasteiger partial charge in [-0.1, -0.05) is 0 Å². The molecule has 0 fully saturated rings. The Kier molecular flexibility index (Phi) is 3.45. The topological polar surface area (TPSA) is 64.7 Å². The molecule has 1 N–H and O–H groups in total. The molecule has 0 saturated carbocycles. The third-order valence-corrected chi connectivity index (χ3v) is 2.88. The van der Waals surface area contributed by atoms with E-state index in [1.54, 1.807) is 21.8 Å². The average molecular weight is 247 g/mol. The molecule has 2 aromatic rings. The molecule has 6 heteroatoms. The van der Waals surface area contributed by atoms with Gasteiger partial charge in [-0.3, -0.25) is 14.2 Å². The van der Waals surface area contributed by atoms with Crippen LogP contribution < -0.4 is 5.32 Å². The first-order valence-electron chi connectivity index (χ1n) is 5.85. The summed E-state index contributed by atoms with van der Waals surface area (Å²) in [5, 5.41) is 11.1. The van der Waals surface area contributed by atoms with E-state index in [2.05, 4.69) is 15.5 Å². The van der Waals surface area contributed by atoms with Crippen molar-refractivity contribution in [3.63, 3.8) is 0 Å². The minimum absolute atomic E-state index is 0.0111. The molecule has 2 rings (SSSR count). The number of hydrogen-bond acceptors (Lipinski definition) is 3. The van der Waals surface area contributed by atoms with Crippen molar-refractivity contribution in [2.75, 3.05) is 0 Å². The van der Waals surface area contributed by atoms with Gasteiger partial charge in [0.2, 0.25) is 0 Å². The predicted octanol–water partition coefficient (Wildman–Crippen LogP) is 0.744. The molecular weight excluding hydrogens is 230 g/mol. The Bertz CT molecular complexity index is 529. The third-order valence-electron chi connectivity index (χ3n) is 2.88. The second kappa shape index (κ2) is 5.03. The molecule has 0 spiro atoms. The van der Waals surface area contributed by atoms with Crippen LogP contribution in [0.15, 0.2) is 24.7 Å². The molecule has 0 aliphatic carbocycles. The van der Waals surface area contributed by atoms with Crippen molar-refractivity contribution in [1.29, 1.82) is 0 Å². The molecule has 6 nitrogen and oxygen atoms in total.